The molecule has 0 aliphatic heterocycles. The van der Waals surface area contributed by atoms with E-state index >= 15 is 0 Å². The monoisotopic (exact) mass is 277 g/mol. The Morgan fingerprint density at radius 1 is 1.30 bits per heavy atom. The number of nitrogens with one attached hydrogen (secondary N) is 2. The fourth-order valence-electron chi connectivity index (χ4n) is 2.92. The smallest absolute Gasteiger partial charge is 0.181 e. The van der Waals surface area contributed by atoms with Gasteiger partial charge in [-0.15, -0.1) is 0 Å². The van der Waals surface area contributed by atoms with E-state index in [0.29, 0.717) is 12.1 Å². The average Bonchev–Trinajstić information content (AvgIpc) is 2.43. The summed E-state index contributed by atoms with van der Waals surface area (Å²) in [5.74, 6) is 0. The van der Waals surface area contributed by atoms with Crippen molar-refractivity contribution in [2.45, 2.75) is 64.4 Å². The van der Waals surface area contributed by atoms with Crippen molar-refractivity contribution in [1.29, 1.82) is 0 Å². The molecule has 20 heavy (non-hydrogen) atoms. The van der Waals surface area contributed by atoms with Crippen LogP contribution in [0.4, 0.5) is 5.69 Å². The normalized spacial score (nSPS) is 24.4. The third-order valence-corrected chi connectivity index (χ3v) is 4.19. The largest absolute Gasteiger partial charge is 0.361 e. The molecule has 1 aromatic carbocycles. The van der Waals surface area contributed by atoms with Crippen LogP contribution in [0.1, 0.15) is 43.7 Å². The minimum Gasteiger partial charge on any atom is -0.361 e. The molecule has 4 nitrogen and oxygen atoms in total. The molecule has 112 valence electrons. The predicted molar refractivity (Wildman–Crippen MR) is 83.6 cm³/mol. The first-order chi connectivity index (χ1) is 9.60. The van der Waals surface area contributed by atoms with Gasteiger partial charge in [-0.25, -0.2) is 0 Å². The molecule has 0 saturated heterocycles. The summed E-state index contributed by atoms with van der Waals surface area (Å²) in [5.41, 5.74) is 9.34. The number of para-hydroxylation sites is 1. The van der Waals surface area contributed by atoms with Crippen molar-refractivity contribution in [3.63, 3.8) is 0 Å². The van der Waals surface area contributed by atoms with Crippen molar-refractivity contribution in [2.75, 3.05) is 5.32 Å². The van der Waals surface area contributed by atoms with Gasteiger partial charge in [0.1, 0.15) is 0 Å². The highest BCUT2D eigenvalue weighted by atomic mass is 16.3. The van der Waals surface area contributed by atoms with Gasteiger partial charge in [-0.05, 0) is 50.2 Å². The van der Waals surface area contributed by atoms with Crippen LogP contribution in [0.15, 0.2) is 18.2 Å². The Morgan fingerprint density at radius 3 is 2.65 bits per heavy atom. The van der Waals surface area contributed by atoms with Gasteiger partial charge in [-0.3, -0.25) is 5.32 Å². The summed E-state index contributed by atoms with van der Waals surface area (Å²) >= 11 is 0. The Hall–Kier alpha value is -1.10. The van der Waals surface area contributed by atoms with Crippen molar-refractivity contribution in [3.05, 3.63) is 29.3 Å². The van der Waals surface area contributed by atoms with Gasteiger partial charge >= 0.3 is 0 Å². The number of nitrogens with two attached hydrogens (primary N) is 1. The van der Waals surface area contributed by atoms with Crippen LogP contribution < -0.4 is 16.4 Å². The molecule has 1 fully saturated rings. The first-order valence-corrected chi connectivity index (χ1v) is 7.65. The molecule has 1 aliphatic carbocycles. The van der Waals surface area contributed by atoms with Gasteiger partial charge in [-0.2, -0.15) is 0 Å². The second-order valence-corrected chi connectivity index (χ2v) is 5.79. The van der Waals surface area contributed by atoms with Crippen LogP contribution in [0, 0.1) is 6.92 Å². The Morgan fingerprint density at radius 2 is 2.00 bits per heavy atom. The van der Waals surface area contributed by atoms with E-state index in [0.717, 1.165) is 43.4 Å². The van der Waals surface area contributed by atoms with Gasteiger partial charge in [0.05, 0.1) is 0 Å². The van der Waals surface area contributed by atoms with Gasteiger partial charge in [0.2, 0.25) is 0 Å². The second-order valence-electron chi connectivity index (χ2n) is 5.79. The number of aliphatic hydroxyl groups excluding tert-OH is 1. The van der Waals surface area contributed by atoms with Crippen LogP contribution in [0.2, 0.25) is 0 Å². The molecule has 0 amide bonds. The van der Waals surface area contributed by atoms with Crippen LogP contribution in [0.5, 0.6) is 0 Å². The Labute approximate surface area is 121 Å². The zero-order valence-electron chi connectivity index (χ0n) is 12.5. The van der Waals surface area contributed by atoms with Crippen LogP contribution in [0.25, 0.3) is 0 Å². The topological polar surface area (TPSA) is 70.3 Å². The third-order valence-electron chi connectivity index (χ3n) is 4.19. The predicted octanol–water partition coefficient (Wildman–Crippen LogP) is 2.10. The van der Waals surface area contributed by atoms with Crippen LogP contribution in [0.3, 0.4) is 0 Å². The number of anilines is 1. The summed E-state index contributed by atoms with van der Waals surface area (Å²) in [4.78, 5) is 0. The molecule has 1 atom stereocenters. The fraction of sp³-hybridized carbons (Fsp3) is 0.625. The van der Waals surface area contributed by atoms with Crippen molar-refractivity contribution < 1.29 is 5.11 Å². The van der Waals surface area contributed by atoms with Gasteiger partial charge in [0.25, 0.3) is 0 Å². The van der Waals surface area contributed by atoms with E-state index in [4.69, 9.17) is 5.73 Å². The summed E-state index contributed by atoms with van der Waals surface area (Å²) in [5, 5.41) is 16.7. The summed E-state index contributed by atoms with van der Waals surface area (Å²) in [7, 11) is 0. The van der Waals surface area contributed by atoms with Gasteiger partial charge in [-0.1, -0.05) is 25.1 Å². The lowest BCUT2D eigenvalue weighted by Crippen LogP contribution is -2.46. The van der Waals surface area contributed by atoms with Crippen molar-refractivity contribution >= 4 is 5.69 Å². The Bertz CT molecular complexity index is 428. The quantitative estimate of drug-likeness (QED) is 0.622. The maximum absolute atomic E-state index is 10.2. The van der Waals surface area contributed by atoms with E-state index in [2.05, 4.69) is 42.7 Å². The van der Waals surface area contributed by atoms with E-state index < -0.39 is 6.35 Å². The molecule has 1 unspecified atom stereocenters. The second kappa shape index (κ2) is 7.07. The number of aliphatic hydroxyl groups is 1. The molecular formula is C16H27N3O. The summed E-state index contributed by atoms with van der Waals surface area (Å²) in [6, 6.07) is 6.91. The molecule has 0 spiro atoms. The molecule has 0 bridgehead atoms. The van der Waals surface area contributed by atoms with Crippen molar-refractivity contribution in [1.82, 2.24) is 5.32 Å². The SMILES string of the molecule is CCc1cccc(C)c1NC(O)NC1CCC(N)CC1. The van der Waals surface area contributed by atoms with Crippen molar-refractivity contribution in [2.24, 2.45) is 5.73 Å². The van der Waals surface area contributed by atoms with E-state index in [1.54, 1.807) is 0 Å². The maximum atomic E-state index is 10.2. The van der Waals surface area contributed by atoms with Crippen LogP contribution in [-0.4, -0.2) is 23.5 Å². The molecule has 4 heteroatoms. The molecule has 1 saturated carbocycles. The number of hydrogen-bond donors (Lipinski definition) is 4. The molecule has 0 radical (unpaired) electrons. The fourth-order valence-corrected chi connectivity index (χ4v) is 2.92. The standard InChI is InChI=1S/C16H27N3O/c1-3-12-6-4-5-11(2)15(12)19-16(20)18-14-9-7-13(17)8-10-14/h4-6,13-14,16,18-20H,3,7-10,17H2,1-2H3. The van der Waals surface area contributed by atoms with Gasteiger partial charge in [0, 0.05) is 17.8 Å². The molecule has 2 rings (SSSR count). The van der Waals surface area contributed by atoms with E-state index in [1.165, 1.54) is 5.56 Å². The highest BCUT2D eigenvalue weighted by molar-refractivity contribution is 5.57. The van der Waals surface area contributed by atoms with Crippen molar-refractivity contribution in [3.8, 4) is 0 Å². The minimum absolute atomic E-state index is 0.334. The number of hydrogen-bond acceptors (Lipinski definition) is 4. The highest BCUT2D eigenvalue weighted by Crippen LogP contribution is 2.22. The first-order valence-electron chi connectivity index (χ1n) is 7.65. The number of benzene rings is 1. The lowest BCUT2D eigenvalue weighted by atomic mass is 9.92. The molecule has 1 aliphatic rings. The number of aryl methyl sites for hydroxylation is 2. The van der Waals surface area contributed by atoms with E-state index in [1.807, 2.05) is 0 Å². The average molecular weight is 277 g/mol. The molecule has 1 aromatic rings. The summed E-state index contributed by atoms with van der Waals surface area (Å²) in [6.45, 7) is 4.19. The zero-order chi connectivity index (χ0) is 14.5. The zero-order valence-corrected chi connectivity index (χ0v) is 12.5. The third kappa shape index (κ3) is 3.95. The summed E-state index contributed by atoms with van der Waals surface area (Å²) < 4.78 is 0. The van der Waals surface area contributed by atoms with Crippen LogP contribution >= 0.6 is 0 Å². The first kappa shape index (κ1) is 15.3. The number of rotatable bonds is 5. The Kier molecular flexibility index (Phi) is 5.40. The lowest BCUT2D eigenvalue weighted by Gasteiger charge is -2.30. The summed E-state index contributed by atoms with van der Waals surface area (Å²) in [6.07, 6.45) is 4.39. The molecular weight excluding hydrogens is 250 g/mol. The van der Waals surface area contributed by atoms with Gasteiger partial charge < -0.3 is 16.2 Å². The molecule has 0 heterocycles. The minimum atomic E-state index is -0.708. The Balaban J connectivity index is 1.93. The van der Waals surface area contributed by atoms with Gasteiger partial charge in [0.15, 0.2) is 6.35 Å². The van der Waals surface area contributed by atoms with E-state index in [-0.39, 0.29) is 0 Å². The molecule has 5 N–H and O–H groups in total. The highest BCUT2D eigenvalue weighted by Gasteiger charge is 2.20. The van der Waals surface area contributed by atoms with Crippen LogP contribution in [-0.2, 0) is 6.42 Å². The maximum Gasteiger partial charge on any atom is 0.181 e. The lowest BCUT2D eigenvalue weighted by molar-refractivity contribution is 0.136. The molecule has 0 aromatic heterocycles. The van der Waals surface area contributed by atoms with E-state index in [9.17, 15) is 5.11 Å².